The third kappa shape index (κ3) is 11.1. The quantitative estimate of drug-likeness (QED) is 0.0860. The Balaban J connectivity index is 2.25. The lowest BCUT2D eigenvalue weighted by Gasteiger charge is -2.24. The second-order valence-electron chi connectivity index (χ2n) is 9.44. The maximum Gasteiger partial charge on any atom is 0.500 e. The van der Waals surface area contributed by atoms with Gasteiger partial charge in [0, 0.05) is 54.7 Å². The highest BCUT2D eigenvalue weighted by Crippen LogP contribution is 2.34. The van der Waals surface area contributed by atoms with Crippen LogP contribution >= 0.6 is 0 Å². The summed E-state index contributed by atoms with van der Waals surface area (Å²) in [5.74, 6) is -3.10. The van der Waals surface area contributed by atoms with Crippen molar-refractivity contribution in [3.63, 3.8) is 0 Å². The van der Waals surface area contributed by atoms with Crippen molar-refractivity contribution in [3.05, 3.63) is 47.5 Å². The molecule has 0 bridgehead atoms. The molecule has 2 N–H and O–H groups in total. The van der Waals surface area contributed by atoms with Crippen LogP contribution in [-0.4, -0.2) is 111 Å². The largest absolute Gasteiger partial charge is 0.500 e. The number of hydrogen-bond acceptors (Lipinski definition) is 15. The number of benzene rings is 2. The van der Waals surface area contributed by atoms with Crippen LogP contribution in [0.2, 0.25) is 12.1 Å². The zero-order valence-electron chi connectivity index (χ0n) is 26.5. The van der Waals surface area contributed by atoms with Crippen LogP contribution in [0.1, 0.15) is 33.6 Å². The van der Waals surface area contributed by atoms with Crippen molar-refractivity contribution in [3.8, 4) is 11.5 Å². The van der Waals surface area contributed by atoms with E-state index in [9.17, 15) is 35.5 Å². The molecular weight excluding hydrogens is 705 g/mol. The van der Waals surface area contributed by atoms with Crippen molar-refractivity contribution in [2.45, 2.75) is 34.7 Å². The van der Waals surface area contributed by atoms with Gasteiger partial charge in [-0.15, -0.1) is 0 Å². The van der Waals surface area contributed by atoms with Crippen molar-refractivity contribution in [1.29, 1.82) is 0 Å². The molecule has 0 saturated carbocycles. The van der Waals surface area contributed by atoms with Crippen LogP contribution < -0.4 is 4.74 Å². The smallest absolute Gasteiger partial charge is 0.462 e. The molecule has 21 heteroatoms. The van der Waals surface area contributed by atoms with Gasteiger partial charge in [-0.1, -0.05) is 0 Å². The summed E-state index contributed by atoms with van der Waals surface area (Å²) in [6.45, 7) is -0.211. The Kier molecular flexibility index (Phi) is 15.1. The summed E-state index contributed by atoms with van der Waals surface area (Å²) in [6, 6.07) is 6.32. The van der Waals surface area contributed by atoms with Gasteiger partial charge in [-0.25, -0.2) is 9.59 Å². The Morgan fingerprint density at radius 1 is 0.596 bits per heavy atom. The maximum absolute atomic E-state index is 12.6. The average Bonchev–Trinajstić information content (AvgIpc) is 3.04. The summed E-state index contributed by atoms with van der Waals surface area (Å²) in [5, 5.41) is 0. The molecule has 0 aliphatic carbocycles. The summed E-state index contributed by atoms with van der Waals surface area (Å²) in [7, 11) is -7.36. The predicted molar refractivity (Wildman–Crippen MR) is 166 cm³/mol. The van der Waals surface area contributed by atoms with Crippen molar-refractivity contribution in [2.75, 3.05) is 55.9 Å². The minimum Gasteiger partial charge on any atom is -0.462 e. The van der Waals surface area contributed by atoms with Gasteiger partial charge in [-0.05, 0) is 49.2 Å². The Bertz CT molecular complexity index is 1460. The lowest BCUT2D eigenvalue weighted by molar-refractivity contribution is 0.0485. The van der Waals surface area contributed by atoms with E-state index in [-0.39, 0.29) is 24.3 Å². The van der Waals surface area contributed by atoms with E-state index in [1.54, 1.807) is 0 Å². The molecule has 17 nitrogen and oxygen atoms in total. The number of rotatable bonds is 20. The first-order valence-corrected chi connectivity index (χ1v) is 20.3. The number of ether oxygens (including phenoxy) is 3. The number of carbonyl (C=O) groups excluding carboxylic acids is 2. The molecule has 47 heavy (non-hydrogen) atoms. The molecule has 0 heterocycles. The summed E-state index contributed by atoms with van der Waals surface area (Å²) < 4.78 is 116. The Morgan fingerprint density at radius 2 is 0.915 bits per heavy atom. The van der Waals surface area contributed by atoms with Crippen molar-refractivity contribution >= 4 is 49.8 Å². The van der Waals surface area contributed by atoms with Gasteiger partial charge >= 0.3 is 29.5 Å². The topological polar surface area (TPSA) is 226 Å². The number of carbonyl (C=O) groups is 2. The molecular formula is C26H38O17S2Si2. The van der Waals surface area contributed by atoms with E-state index in [0.717, 1.165) is 36.4 Å². The zero-order chi connectivity index (χ0) is 35.5. The van der Waals surface area contributed by atoms with Crippen LogP contribution in [0.3, 0.4) is 0 Å². The fourth-order valence-electron chi connectivity index (χ4n) is 4.15. The molecule has 2 aromatic carbocycles. The lowest BCUT2D eigenvalue weighted by Crippen LogP contribution is -2.42. The van der Waals surface area contributed by atoms with E-state index in [0.29, 0.717) is 24.9 Å². The Labute approximate surface area is 275 Å². The average molecular weight is 743 g/mol. The Hall–Kier alpha value is -2.81. The molecule has 0 aliphatic rings. The van der Waals surface area contributed by atoms with Gasteiger partial charge in [0.2, 0.25) is 0 Å². The second kappa shape index (κ2) is 17.6. The fourth-order valence-corrected chi connectivity index (χ4v) is 8.81. The monoisotopic (exact) mass is 742 g/mol. The van der Waals surface area contributed by atoms with Crippen LogP contribution in [0, 0.1) is 0 Å². The summed E-state index contributed by atoms with van der Waals surface area (Å²) >= 11 is 0. The van der Waals surface area contributed by atoms with Gasteiger partial charge < -0.3 is 40.8 Å². The molecule has 0 amide bonds. The highest BCUT2D eigenvalue weighted by atomic mass is 32.2. The summed E-state index contributed by atoms with van der Waals surface area (Å²) in [4.78, 5) is 23.4. The summed E-state index contributed by atoms with van der Waals surface area (Å²) in [5.41, 5.74) is -0.568. The predicted octanol–water partition coefficient (Wildman–Crippen LogP) is 2.82. The Morgan fingerprint density at radius 3 is 1.19 bits per heavy atom. The van der Waals surface area contributed by atoms with Crippen LogP contribution in [0.4, 0.5) is 0 Å². The zero-order valence-corrected chi connectivity index (χ0v) is 30.2. The van der Waals surface area contributed by atoms with E-state index < -0.39 is 71.1 Å². The lowest BCUT2D eigenvalue weighted by atomic mass is 10.2. The molecule has 0 fully saturated rings. The molecule has 0 radical (unpaired) electrons. The molecule has 2 aromatic rings. The molecule has 0 unspecified atom stereocenters. The highest BCUT2D eigenvalue weighted by molar-refractivity contribution is 7.86. The molecule has 0 aliphatic heterocycles. The van der Waals surface area contributed by atoms with Gasteiger partial charge in [-0.3, -0.25) is 9.11 Å². The van der Waals surface area contributed by atoms with Gasteiger partial charge in [0.1, 0.15) is 21.3 Å². The minimum atomic E-state index is -5.05. The molecule has 2 rings (SSSR count). The van der Waals surface area contributed by atoms with Gasteiger partial charge in [0.25, 0.3) is 20.2 Å². The van der Waals surface area contributed by atoms with Crippen molar-refractivity contribution in [1.82, 2.24) is 0 Å². The van der Waals surface area contributed by atoms with E-state index in [4.69, 9.17) is 40.8 Å². The van der Waals surface area contributed by atoms with E-state index in [2.05, 4.69) is 0 Å². The van der Waals surface area contributed by atoms with E-state index >= 15 is 0 Å². The number of hydrogen-bond donors (Lipinski definition) is 2. The first-order valence-electron chi connectivity index (χ1n) is 13.6. The number of esters is 2. The first kappa shape index (κ1) is 40.4. The molecule has 0 saturated heterocycles. The molecule has 0 spiro atoms. The first-order chi connectivity index (χ1) is 22.0. The molecule has 0 aromatic heterocycles. The van der Waals surface area contributed by atoms with Crippen LogP contribution in [0.5, 0.6) is 11.5 Å². The standard InChI is InChI=1S/C26H38O17S2Si2/c1-35-46(36-2,37-3)15-7-13-41-25(27)19-9-11-21(23(17-19)44(29,30)31)43-22-12-10-20(18-24(22)45(32,33)34)26(28)42-14-8-16-47(38-4,39-5)40-6/h9-12,17-18H,7-8,13-16H2,1-6H3,(H,29,30,31)(H,32,33,34). The van der Waals surface area contributed by atoms with Gasteiger partial charge in [0.05, 0.1) is 24.3 Å². The summed E-state index contributed by atoms with van der Waals surface area (Å²) in [6.07, 6.45) is 0.582. The second-order valence-corrected chi connectivity index (χ2v) is 18.4. The van der Waals surface area contributed by atoms with E-state index in [1.165, 1.54) is 42.7 Å². The normalized spacial score (nSPS) is 12.5. The molecule has 0 atom stereocenters. The fraction of sp³-hybridized carbons (Fsp3) is 0.462. The van der Waals surface area contributed by atoms with Gasteiger partial charge in [0.15, 0.2) is 0 Å². The van der Waals surface area contributed by atoms with Crippen LogP contribution in [0.15, 0.2) is 46.2 Å². The SMILES string of the molecule is CO[Si](CCCOC(=O)c1ccc(Oc2ccc(C(=O)OCCC[Si](OC)(OC)OC)cc2S(=O)(=O)O)c(S(=O)(=O)O)c1)(OC)OC. The maximum atomic E-state index is 12.6. The van der Waals surface area contributed by atoms with Crippen LogP contribution in [0.25, 0.3) is 0 Å². The highest BCUT2D eigenvalue weighted by Gasteiger charge is 2.38. The van der Waals surface area contributed by atoms with Crippen LogP contribution in [-0.2, 0) is 56.3 Å². The van der Waals surface area contributed by atoms with Gasteiger partial charge in [-0.2, -0.15) is 16.8 Å². The third-order valence-corrected chi connectivity index (χ3v) is 14.1. The molecule has 264 valence electrons. The van der Waals surface area contributed by atoms with E-state index in [1.807, 2.05) is 0 Å². The third-order valence-electron chi connectivity index (χ3n) is 6.72. The minimum absolute atomic E-state index is 0.106. The van der Waals surface area contributed by atoms with Crippen molar-refractivity contribution in [2.24, 2.45) is 0 Å². The van der Waals surface area contributed by atoms with Crippen molar-refractivity contribution < 1.29 is 76.3 Å².